The fourth-order valence-electron chi connectivity index (χ4n) is 3.01. The van der Waals surface area contributed by atoms with E-state index in [0.717, 1.165) is 16.5 Å². The molecule has 0 radical (unpaired) electrons. The molecule has 0 saturated heterocycles. The molecule has 0 aliphatic heterocycles. The van der Waals surface area contributed by atoms with Gasteiger partial charge in [-0.3, -0.25) is 4.79 Å². The number of nitrogens with one attached hydrogen (secondary N) is 1. The summed E-state index contributed by atoms with van der Waals surface area (Å²) in [7, 11) is 3.14. The molecule has 0 unspecified atom stereocenters. The van der Waals surface area contributed by atoms with Gasteiger partial charge in [0.2, 0.25) is 5.91 Å². The molecule has 0 atom stereocenters. The van der Waals surface area contributed by atoms with Crippen molar-refractivity contribution in [1.82, 2.24) is 10.2 Å². The Hall–Kier alpha value is -3.52. The molecule has 1 N–H and O–H groups in total. The van der Waals surface area contributed by atoms with E-state index in [1.807, 2.05) is 42.5 Å². The smallest absolute Gasteiger partial charge is 0.277 e. The van der Waals surface area contributed by atoms with Crippen molar-refractivity contribution in [3.05, 3.63) is 60.7 Å². The van der Waals surface area contributed by atoms with Gasteiger partial charge in [0.25, 0.3) is 11.1 Å². The summed E-state index contributed by atoms with van der Waals surface area (Å²) in [4.78, 5) is 12.4. The summed E-state index contributed by atoms with van der Waals surface area (Å²) in [6.45, 7) is 0. The lowest BCUT2D eigenvalue weighted by Gasteiger charge is -2.08. The SMILES string of the molecule is COc1ccc(OC)c(-c2nnc(SCC(=O)Nc3cccc4ccccc34)o2)c1. The predicted molar refractivity (Wildman–Crippen MR) is 116 cm³/mol. The summed E-state index contributed by atoms with van der Waals surface area (Å²) in [6, 6.07) is 19.0. The molecule has 1 aromatic heterocycles. The van der Waals surface area contributed by atoms with Crippen molar-refractivity contribution in [2.45, 2.75) is 5.22 Å². The average molecular weight is 421 g/mol. The third-order valence-corrected chi connectivity index (χ3v) is 5.25. The molecule has 7 nitrogen and oxygen atoms in total. The Morgan fingerprint density at radius 3 is 2.70 bits per heavy atom. The van der Waals surface area contributed by atoms with Crippen LogP contribution < -0.4 is 14.8 Å². The average Bonchev–Trinajstić information content (AvgIpc) is 3.26. The maximum Gasteiger partial charge on any atom is 0.277 e. The molecule has 8 heteroatoms. The number of aromatic nitrogens is 2. The van der Waals surface area contributed by atoms with Crippen LogP contribution in [0.2, 0.25) is 0 Å². The topological polar surface area (TPSA) is 86.5 Å². The quantitative estimate of drug-likeness (QED) is 0.435. The molecule has 3 aromatic carbocycles. The zero-order valence-electron chi connectivity index (χ0n) is 16.4. The second-order valence-corrected chi connectivity index (χ2v) is 7.23. The fourth-order valence-corrected chi connectivity index (χ4v) is 3.57. The van der Waals surface area contributed by atoms with Gasteiger partial charge < -0.3 is 19.2 Å². The van der Waals surface area contributed by atoms with Crippen molar-refractivity contribution < 1.29 is 18.7 Å². The first kappa shape index (κ1) is 19.8. The fraction of sp³-hybridized carbons (Fsp3) is 0.136. The molecule has 0 spiro atoms. The minimum atomic E-state index is -0.157. The van der Waals surface area contributed by atoms with E-state index >= 15 is 0 Å². The molecule has 1 amide bonds. The molecule has 152 valence electrons. The summed E-state index contributed by atoms with van der Waals surface area (Å²) >= 11 is 1.17. The zero-order chi connectivity index (χ0) is 20.9. The molecule has 0 aliphatic carbocycles. The van der Waals surface area contributed by atoms with E-state index in [1.54, 1.807) is 32.4 Å². The van der Waals surface area contributed by atoms with Crippen molar-refractivity contribution in [3.63, 3.8) is 0 Å². The van der Waals surface area contributed by atoms with E-state index in [2.05, 4.69) is 15.5 Å². The largest absolute Gasteiger partial charge is 0.497 e. The van der Waals surface area contributed by atoms with Gasteiger partial charge in [0.15, 0.2) is 0 Å². The molecule has 0 fully saturated rings. The van der Waals surface area contributed by atoms with E-state index in [1.165, 1.54) is 11.8 Å². The molecular formula is C22H19N3O4S. The van der Waals surface area contributed by atoms with Crippen molar-refractivity contribution >= 4 is 34.1 Å². The highest BCUT2D eigenvalue weighted by Crippen LogP contribution is 2.34. The molecule has 1 heterocycles. The predicted octanol–water partition coefficient (Wildman–Crippen LogP) is 4.64. The van der Waals surface area contributed by atoms with Crippen LogP contribution >= 0.6 is 11.8 Å². The van der Waals surface area contributed by atoms with E-state index < -0.39 is 0 Å². The minimum absolute atomic E-state index is 0.139. The molecule has 0 saturated carbocycles. The van der Waals surface area contributed by atoms with Crippen LogP contribution in [0.3, 0.4) is 0 Å². The van der Waals surface area contributed by atoms with Gasteiger partial charge in [-0.15, -0.1) is 10.2 Å². The number of anilines is 1. The maximum atomic E-state index is 12.4. The monoisotopic (exact) mass is 421 g/mol. The van der Waals surface area contributed by atoms with Gasteiger partial charge in [0.1, 0.15) is 11.5 Å². The Morgan fingerprint density at radius 2 is 1.87 bits per heavy atom. The lowest BCUT2D eigenvalue weighted by molar-refractivity contribution is -0.113. The van der Waals surface area contributed by atoms with Gasteiger partial charge in [0.05, 0.1) is 25.5 Å². The molecule has 30 heavy (non-hydrogen) atoms. The highest BCUT2D eigenvalue weighted by atomic mass is 32.2. The standard InChI is InChI=1S/C22H19N3O4S/c1-27-15-10-11-19(28-2)17(12-15)21-24-25-22(29-21)30-13-20(26)23-18-9-5-7-14-6-3-4-8-16(14)18/h3-12H,13H2,1-2H3,(H,23,26). The number of benzene rings is 3. The highest BCUT2D eigenvalue weighted by Gasteiger charge is 2.16. The van der Waals surface area contributed by atoms with Crippen molar-refractivity contribution in [2.75, 3.05) is 25.3 Å². The summed E-state index contributed by atoms with van der Waals surface area (Å²) in [5, 5.41) is 13.4. The minimum Gasteiger partial charge on any atom is -0.497 e. The number of nitrogens with zero attached hydrogens (tertiary/aromatic N) is 2. The number of thioether (sulfide) groups is 1. The Kier molecular flexibility index (Phi) is 5.85. The Morgan fingerprint density at radius 1 is 1.03 bits per heavy atom. The Balaban J connectivity index is 1.44. The van der Waals surface area contributed by atoms with Crippen LogP contribution in [0.25, 0.3) is 22.2 Å². The van der Waals surface area contributed by atoms with E-state index in [9.17, 15) is 4.79 Å². The molecule has 4 rings (SSSR count). The second-order valence-electron chi connectivity index (χ2n) is 6.30. The highest BCUT2D eigenvalue weighted by molar-refractivity contribution is 7.99. The summed E-state index contributed by atoms with van der Waals surface area (Å²) in [5.41, 5.74) is 1.39. The lowest BCUT2D eigenvalue weighted by Crippen LogP contribution is -2.14. The van der Waals surface area contributed by atoms with Gasteiger partial charge in [-0.25, -0.2) is 0 Å². The van der Waals surface area contributed by atoms with Crippen LogP contribution in [-0.4, -0.2) is 36.1 Å². The molecule has 0 bridgehead atoms. The lowest BCUT2D eigenvalue weighted by atomic mass is 10.1. The summed E-state index contributed by atoms with van der Waals surface area (Å²) in [5.74, 6) is 1.51. The van der Waals surface area contributed by atoms with E-state index in [-0.39, 0.29) is 11.7 Å². The number of ether oxygens (including phenoxy) is 2. The molecule has 0 aliphatic rings. The summed E-state index contributed by atoms with van der Waals surface area (Å²) < 4.78 is 16.3. The first-order valence-electron chi connectivity index (χ1n) is 9.14. The van der Waals surface area contributed by atoms with Gasteiger partial charge in [-0.1, -0.05) is 48.2 Å². The van der Waals surface area contributed by atoms with Crippen molar-refractivity contribution in [1.29, 1.82) is 0 Å². The third kappa shape index (κ3) is 4.23. The Bertz CT molecular complexity index is 1190. The van der Waals surface area contributed by atoms with Gasteiger partial charge in [-0.2, -0.15) is 0 Å². The Labute approximate surface area is 177 Å². The van der Waals surface area contributed by atoms with Crippen LogP contribution in [0, 0.1) is 0 Å². The maximum absolute atomic E-state index is 12.4. The van der Waals surface area contributed by atoms with Crippen molar-refractivity contribution in [3.8, 4) is 23.0 Å². The van der Waals surface area contributed by atoms with E-state index in [4.69, 9.17) is 13.9 Å². The van der Waals surface area contributed by atoms with Crippen LogP contribution in [-0.2, 0) is 4.79 Å². The van der Waals surface area contributed by atoms with Crippen molar-refractivity contribution in [2.24, 2.45) is 0 Å². The number of hydrogen-bond acceptors (Lipinski definition) is 7. The van der Waals surface area contributed by atoms with E-state index in [0.29, 0.717) is 28.2 Å². The third-order valence-electron chi connectivity index (χ3n) is 4.43. The molecule has 4 aromatic rings. The van der Waals surface area contributed by atoms with Crippen LogP contribution in [0.15, 0.2) is 70.3 Å². The normalized spacial score (nSPS) is 10.7. The number of carbonyl (C=O) groups is 1. The van der Waals surface area contributed by atoms with Gasteiger partial charge in [-0.05, 0) is 29.7 Å². The number of fused-ring (bicyclic) bond motifs is 1. The second kappa shape index (κ2) is 8.87. The van der Waals surface area contributed by atoms with Crippen LogP contribution in [0.4, 0.5) is 5.69 Å². The first-order chi connectivity index (χ1) is 14.7. The van der Waals surface area contributed by atoms with Gasteiger partial charge >= 0.3 is 0 Å². The van der Waals surface area contributed by atoms with Crippen LogP contribution in [0.5, 0.6) is 11.5 Å². The summed E-state index contributed by atoms with van der Waals surface area (Å²) in [6.07, 6.45) is 0. The zero-order valence-corrected chi connectivity index (χ0v) is 17.2. The number of amides is 1. The number of methoxy groups -OCH3 is 2. The number of rotatable bonds is 7. The number of carbonyl (C=O) groups excluding carboxylic acids is 1. The molecular weight excluding hydrogens is 402 g/mol. The first-order valence-corrected chi connectivity index (χ1v) is 10.1. The number of hydrogen-bond donors (Lipinski definition) is 1. The van der Waals surface area contributed by atoms with Gasteiger partial charge in [0, 0.05) is 11.1 Å². The van der Waals surface area contributed by atoms with Crippen LogP contribution in [0.1, 0.15) is 0 Å².